The van der Waals surface area contributed by atoms with Crippen molar-refractivity contribution in [1.29, 1.82) is 0 Å². The average Bonchev–Trinajstić information content (AvgIpc) is 3.12. The summed E-state index contributed by atoms with van der Waals surface area (Å²) in [6.45, 7) is 3.54. The molecule has 0 radical (unpaired) electrons. The largest absolute Gasteiger partial charge is 0.460 e. The van der Waals surface area contributed by atoms with E-state index in [1.54, 1.807) is 20.0 Å². The zero-order valence-corrected chi connectivity index (χ0v) is 12.7. The summed E-state index contributed by atoms with van der Waals surface area (Å²) in [5.41, 5.74) is 1.26. The van der Waals surface area contributed by atoms with Crippen LogP contribution in [0.2, 0.25) is 0 Å². The molecule has 0 bridgehead atoms. The molecular formula is C16H15FN4O2. The number of hydrogen-bond acceptors (Lipinski definition) is 4. The number of halogens is 1. The van der Waals surface area contributed by atoms with Crippen molar-refractivity contribution < 1.29 is 13.9 Å². The first-order valence-electron chi connectivity index (χ1n) is 7.10. The Hall–Kier alpha value is -2.96. The van der Waals surface area contributed by atoms with E-state index in [1.165, 1.54) is 35.4 Å². The van der Waals surface area contributed by atoms with Gasteiger partial charge in [-0.15, -0.1) is 5.10 Å². The third-order valence-corrected chi connectivity index (χ3v) is 3.10. The van der Waals surface area contributed by atoms with E-state index in [0.717, 1.165) is 5.39 Å². The molecule has 3 aromatic rings. The number of nitrogens with zero attached hydrogens (tertiary/aromatic N) is 3. The van der Waals surface area contributed by atoms with Crippen LogP contribution in [0, 0.1) is 5.82 Å². The molecule has 0 atom stereocenters. The molecule has 0 fully saturated rings. The van der Waals surface area contributed by atoms with Gasteiger partial charge in [-0.3, -0.25) is 0 Å². The SMILES string of the molecule is CC(C)OC(=O)C=Cn1cnc(-c2cc(F)cc3[nH]ccc23)n1. The van der Waals surface area contributed by atoms with Crippen molar-refractivity contribution in [2.45, 2.75) is 20.0 Å². The Kier molecular flexibility index (Phi) is 3.92. The molecule has 6 nitrogen and oxygen atoms in total. The fourth-order valence-corrected chi connectivity index (χ4v) is 2.20. The zero-order valence-electron chi connectivity index (χ0n) is 12.7. The van der Waals surface area contributed by atoms with E-state index in [9.17, 15) is 9.18 Å². The summed E-state index contributed by atoms with van der Waals surface area (Å²) < 4.78 is 20.0. The molecule has 0 aliphatic rings. The number of H-pyrrole nitrogens is 1. The van der Waals surface area contributed by atoms with Crippen molar-refractivity contribution in [3.05, 3.63) is 42.6 Å². The van der Waals surface area contributed by atoms with E-state index in [4.69, 9.17) is 4.74 Å². The van der Waals surface area contributed by atoms with E-state index >= 15 is 0 Å². The van der Waals surface area contributed by atoms with Crippen LogP contribution in [0.25, 0.3) is 28.5 Å². The summed E-state index contributed by atoms with van der Waals surface area (Å²) in [6.07, 6.45) is 5.68. The van der Waals surface area contributed by atoms with Gasteiger partial charge in [0.2, 0.25) is 0 Å². The Balaban J connectivity index is 1.88. The van der Waals surface area contributed by atoms with Gasteiger partial charge in [-0.2, -0.15) is 0 Å². The number of fused-ring (bicyclic) bond motifs is 1. The minimum absolute atomic E-state index is 0.187. The van der Waals surface area contributed by atoms with Gasteiger partial charge < -0.3 is 9.72 Å². The van der Waals surface area contributed by atoms with Gasteiger partial charge in [0.25, 0.3) is 0 Å². The van der Waals surface area contributed by atoms with Crippen LogP contribution >= 0.6 is 0 Å². The van der Waals surface area contributed by atoms with Crippen LogP contribution in [0.1, 0.15) is 13.8 Å². The molecule has 0 spiro atoms. The molecule has 2 aromatic heterocycles. The van der Waals surface area contributed by atoms with Crippen LogP contribution in [0.4, 0.5) is 4.39 Å². The molecule has 0 amide bonds. The standard InChI is InChI=1S/C16H15FN4O2/c1-10(2)23-15(22)4-6-21-9-19-16(20-21)13-7-11(17)8-14-12(13)3-5-18-14/h3-10,18H,1-2H3. The molecule has 1 aromatic carbocycles. The van der Waals surface area contributed by atoms with Crippen molar-refractivity contribution in [2.24, 2.45) is 0 Å². The zero-order chi connectivity index (χ0) is 16.4. The van der Waals surface area contributed by atoms with E-state index in [2.05, 4.69) is 15.1 Å². The van der Waals surface area contributed by atoms with Crippen molar-refractivity contribution >= 4 is 23.1 Å². The highest BCUT2D eigenvalue weighted by Crippen LogP contribution is 2.26. The fraction of sp³-hybridized carbons (Fsp3) is 0.188. The maximum atomic E-state index is 13.7. The fourth-order valence-electron chi connectivity index (χ4n) is 2.20. The average molecular weight is 314 g/mol. The summed E-state index contributed by atoms with van der Waals surface area (Å²) in [5, 5.41) is 5.06. The van der Waals surface area contributed by atoms with E-state index in [0.29, 0.717) is 16.9 Å². The van der Waals surface area contributed by atoms with Crippen LogP contribution in [0.5, 0.6) is 0 Å². The van der Waals surface area contributed by atoms with Gasteiger partial charge in [-0.25, -0.2) is 18.9 Å². The number of hydrogen-bond donors (Lipinski definition) is 1. The van der Waals surface area contributed by atoms with Gasteiger partial charge in [-0.05, 0) is 32.0 Å². The summed E-state index contributed by atoms with van der Waals surface area (Å²) >= 11 is 0. The highest BCUT2D eigenvalue weighted by Gasteiger charge is 2.11. The maximum absolute atomic E-state index is 13.7. The molecule has 0 aliphatic carbocycles. The molecule has 0 unspecified atom stereocenters. The van der Waals surface area contributed by atoms with Crippen LogP contribution < -0.4 is 0 Å². The van der Waals surface area contributed by atoms with Crippen LogP contribution in [-0.4, -0.2) is 31.8 Å². The van der Waals surface area contributed by atoms with Gasteiger partial charge in [0.05, 0.1) is 6.10 Å². The third kappa shape index (κ3) is 3.28. The van der Waals surface area contributed by atoms with Crippen molar-refractivity contribution in [1.82, 2.24) is 19.7 Å². The molecule has 2 heterocycles. The number of carbonyl (C=O) groups excluding carboxylic acids is 1. The topological polar surface area (TPSA) is 72.8 Å². The quantitative estimate of drug-likeness (QED) is 0.593. The van der Waals surface area contributed by atoms with Crippen LogP contribution in [0.3, 0.4) is 0 Å². The number of esters is 1. The molecule has 0 saturated heterocycles. The van der Waals surface area contributed by atoms with Gasteiger partial charge in [0, 0.05) is 34.9 Å². The molecule has 3 rings (SSSR count). The monoisotopic (exact) mass is 314 g/mol. The number of rotatable bonds is 4. The lowest BCUT2D eigenvalue weighted by molar-refractivity contribution is -0.141. The summed E-state index contributed by atoms with van der Waals surface area (Å²) in [4.78, 5) is 18.6. The minimum Gasteiger partial charge on any atom is -0.460 e. The van der Waals surface area contributed by atoms with Gasteiger partial charge in [0.1, 0.15) is 12.1 Å². The molecule has 7 heteroatoms. The summed E-state index contributed by atoms with van der Waals surface area (Å²) in [6, 6.07) is 4.63. The second-order valence-electron chi connectivity index (χ2n) is 5.24. The third-order valence-electron chi connectivity index (χ3n) is 3.10. The normalized spacial score (nSPS) is 11.7. The number of aromatic nitrogens is 4. The molecule has 118 valence electrons. The number of carbonyl (C=O) groups is 1. The summed E-state index contributed by atoms with van der Waals surface area (Å²) in [7, 11) is 0. The lowest BCUT2D eigenvalue weighted by atomic mass is 10.1. The Bertz CT molecular complexity index is 879. The van der Waals surface area contributed by atoms with E-state index < -0.39 is 5.97 Å². The first-order valence-corrected chi connectivity index (χ1v) is 7.10. The van der Waals surface area contributed by atoms with Gasteiger partial charge in [0.15, 0.2) is 5.82 Å². The van der Waals surface area contributed by atoms with Crippen molar-refractivity contribution in [3.8, 4) is 11.4 Å². The van der Waals surface area contributed by atoms with Gasteiger partial charge >= 0.3 is 5.97 Å². The maximum Gasteiger partial charge on any atom is 0.332 e. The number of benzene rings is 1. The Morgan fingerprint density at radius 3 is 3.04 bits per heavy atom. The molecule has 23 heavy (non-hydrogen) atoms. The van der Waals surface area contributed by atoms with E-state index in [1.807, 2.05) is 6.07 Å². The number of nitrogens with one attached hydrogen (secondary N) is 1. The molecular weight excluding hydrogens is 299 g/mol. The Morgan fingerprint density at radius 1 is 1.43 bits per heavy atom. The number of ether oxygens (including phenoxy) is 1. The van der Waals surface area contributed by atoms with Crippen LogP contribution in [0.15, 0.2) is 36.8 Å². The highest BCUT2D eigenvalue weighted by atomic mass is 19.1. The first kappa shape index (κ1) is 15.0. The lowest BCUT2D eigenvalue weighted by Gasteiger charge is -2.03. The second-order valence-corrected chi connectivity index (χ2v) is 5.24. The highest BCUT2D eigenvalue weighted by molar-refractivity contribution is 5.93. The predicted octanol–water partition coefficient (Wildman–Crippen LogP) is 2.99. The Morgan fingerprint density at radius 2 is 2.26 bits per heavy atom. The van der Waals surface area contributed by atoms with Crippen molar-refractivity contribution in [3.63, 3.8) is 0 Å². The Labute approximate surface area is 131 Å². The van der Waals surface area contributed by atoms with Gasteiger partial charge in [-0.1, -0.05) is 0 Å². The predicted molar refractivity (Wildman–Crippen MR) is 83.8 cm³/mol. The van der Waals surface area contributed by atoms with E-state index in [-0.39, 0.29) is 11.9 Å². The van der Waals surface area contributed by atoms with Crippen LogP contribution in [-0.2, 0) is 9.53 Å². The molecule has 1 N–H and O–H groups in total. The second kappa shape index (κ2) is 6.04. The number of aromatic amines is 1. The minimum atomic E-state index is -0.462. The molecule has 0 saturated carbocycles. The summed E-state index contributed by atoms with van der Waals surface area (Å²) in [5.74, 6) is -0.464. The first-order chi connectivity index (χ1) is 11.0. The van der Waals surface area contributed by atoms with Crippen molar-refractivity contribution in [2.75, 3.05) is 0 Å². The molecule has 0 aliphatic heterocycles. The smallest absolute Gasteiger partial charge is 0.332 e. The lowest BCUT2D eigenvalue weighted by Crippen LogP contribution is -2.08.